The maximum absolute atomic E-state index is 4.90. The number of hydrogen-bond acceptors (Lipinski definition) is 3. The molecule has 0 heterocycles. The number of amidine groups is 1. The number of nitrogens with zero attached hydrogens (tertiary/aromatic N) is 3. The molecular formula is C26H38N4. The fraction of sp³-hybridized carbons (Fsp3) is 0.385. The van der Waals surface area contributed by atoms with Crippen LogP contribution in [0.25, 0.3) is 5.70 Å². The minimum atomic E-state index is 0.273. The smallest absolute Gasteiger partial charge is 0.131 e. The van der Waals surface area contributed by atoms with E-state index in [0.29, 0.717) is 0 Å². The summed E-state index contributed by atoms with van der Waals surface area (Å²) in [5.74, 6) is 1.06. The van der Waals surface area contributed by atoms with Gasteiger partial charge in [0, 0.05) is 43.2 Å². The normalized spacial score (nSPS) is 12.5. The first-order valence-electron chi connectivity index (χ1n) is 10.8. The highest BCUT2D eigenvalue weighted by Gasteiger charge is 2.11. The van der Waals surface area contributed by atoms with Crippen LogP contribution in [0.5, 0.6) is 0 Å². The molecule has 0 amide bonds. The standard InChI is InChI=1S/C24H32N4.C2H6/c1-7-11-19(3)24(26-5)27-23(20-12-9-8-10-13-20)17-28(6)21-15-14-18(2)22(16-21)25-4;1-2/h8-10,12-17,19,25H,5,7,11H2,1-4,6H3;1-2H3/b23-17-,27-24?;. The molecule has 0 aliphatic heterocycles. The minimum absolute atomic E-state index is 0.273. The molecule has 2 aromatic carbocycles. The molecular weight excluding hydrogens is 368 g/mol. The average Bonchev–Trinajstić information content (AvgIpc) is 2.78. The maximum atomic E-state index is 4.90. The van der Waals surface area contributed by atoms with Gasteiger partial charge < -0.3 is 10.2 Å². The molecule has 4 heteroatoms. The number of hydrogen-bond donors (Lipinski definition) is 1. The predicted molar refractivity (Wildman–Crippen MR) is 136 cm³/mol. The third kappa shape index (κ3) is 7.18. The Labute approximate surface area is 183 Å². The van der Waals surface area contributed by atoms with Gasteiger partial charge in [-0.3, -0.25) is 0 Å². The summed E-state index contributed by atoms with van der Waals surface area (Å²) in [5, 5.41) is 3.25. The summed E-state index contributed by atoms with van der Waals surface area (Å²) in [6, 6.07) is 16.6. The van der Waals surface area contributed by atoms with Gasteiger partial charge in [-0.15, -0.1) is 0 Å². The van der Waals surface area contributed by atoms with E-state index in [1.54, 1.807) is 0 Å². The fourth-order valence-corrected chi connectivity index (χ4v) is 3.12. The number of rotatable bonds is 8. The number of anilines is 2. The van der Waals surface area contributed by atoms with Crippen molar-refractivity contribution >= 4 is 29.6 Å². The third-order valence-electron chi connectivity index (χ3n) is 4.84. The van der Waals surface area contributed by atoms with E-state index in [9.17, 15) is 0 Å². The van der Waals surface area contributed by atoms with Gasteiger partial charge in [-0.25, -0.2) is 9.98 Å². The van der Waals surface area contributed by atoms with Crippen LogP contribution in [-0.4, -0.2) is 26.6 Å². The maximum Gasteiger partial charge on any atom is 0.131 e. The Morgan fingerprint density at radius 1 is 1.17 bits per heavy atom. The SMILES string of the molecule is C=NC(=N/C(=C\N(C)c1ccc(C)c(NC)c1)c1ccccc1)C(C)CCC.CC. The molecule has 30 heavy (non-hydrogen) atoms. The van der Waals surface area contributed by atoms with Gasteiger partial charge in [-0.05, 0) is 37.8 Å². The molecule has 2 aromatic rings. The zero-order chi connectivity index (χ0) is 22.5. The largest absolute Gasteiger partial charge is 0.388 e. The fourth-order valence-electron chi connectivity index (χ4n) is 3.12. The van der Waals surface area contributed by atoms with E-state index in [2.05, 4.69) is 79.2 Å². The van der Waals surface area contributed by atoms with Gasteiger partial charge in [0.1, 0.15) is 5.84 Å². The molecule has 1 N–H and O–H groups in total. The first kappa shape index (κ1) is 25.2. The molecule has 0 aliphatic carbocycles. The van der Waals surface area contributed by atoms with Crippen LogP contribution >= 0.6 is 0 Å². The van der Waals surface area contributed by atoms with E-state index in [0.717, 1.165) is 41.3 Å². The van der Waals surface area contributed by atoms with Gasteiger partial charge in [0.2, 0.25) is 0 Å². The van der Waals surface area contributed by atoms with E-state index >= 15 is 0 Å². The van der Waals surface area contributed by atoms with Crippen LogP contribution in [0.3, 0.4) is 0 Å². The zero-order valence-electron chi connectivity index (χ0n) is 19.7. The number of nitrogens with one attached hydrogen (secondary N) is 1. The lowest BCUT2D eigenvalue weighted by molar-refractivity contribution is 0.662. The van der Waals surface area contributed by atoms with E-state index in [1.807, 2.05) is 46.1 Å². The monoisotopic (exact) mass is 406 g/mol. The summed E-state index contributed by atoms with van der Waals surface area (Å²) < 4.78 is 0. The molecule has 1 atom stereocenters. The van der Waals surface area contributed by atoms with Gasteiger partial charge in [-0.2, -0.15) is 0 Å². The minimum Gasteiger partial charge on any atom is -0.388 e. The highest BCUT2D eigenvalue weighted by molar-refractivity contribution is 5.92. The van der Waals surface area contributed by atoms with Crippen LogP contribution in [0.15, 0.2) is 64.7 Å². The molecule has 0 saturated carbocycles. The Hall–Kier alpha value is -2.88. The highest BCUT2D eigenvalue weighted by Crippen LogP contribution is 2.25. The van der Waals surface area contributed by atoms with Crippen molar-refractivity contribution < 1.29 is 0 Å². The molecule has 0 bridgehead atoms. The molecule has 0 aliphatic rings. The van der Waals surface area contributed by atoms with E-state index < -0.39 is 0 Å². The molecule has 162 valence electrons. The van der Waals surface area contributed by atoms with Crippen LogP contribution in [0.1, 0.15) is 51.7 Å². The van der Waals surface area contributed by atoms with Crippen molar-refractivity contribution in [3.63, 3.8) is 0 Å². The summed E-state index contributed by atoms with van der Waals surface area (Å²) in [7, 11) is 3.98. The topological polar surface area (TPSA) is 40.0 Å². The molecule has 0 spiro atoms. The van der Waals surface area contributed by atoms with Gasteiger partial charge in [0.05, 0.1) is 5.70 Å². The molecule has 2 rings (SSSR count). The van der Waals surface area contributed by atoms with Crippen LogP contribution in [0.4, 0.5) is 11.4 Å². The first-order valence-corrected chi connectivity index (χ1v) is 10.8. The summed E-state index contributed by atoms with van der Waals surface area (Å²) in [6.45, 7) is 14.2. The van der Waals surface area contributed by atoms with Crippen molar-refractivity contribution in [2.45, 2.75) is 47.5 Å². The Balaban J connectivity index is 0.00000218. The summed E-state index contributed by atoms with van der Waals surface area (Å²) in [4.78, 5) is 11.2. The van der Waals surface area contributed by atoms with Crippen LogP contribution in [-0.2, 0) is 0 Å². The second-order valence-electron chi connectivity index (χ2n) is 7.06. The Kier molecular flexibility index (Phi) is 11.2. The molecule has 0 saturated heterocycles. The van der Waals surface area contributed by atoms with Gasteiger partial charge in [0.25, 0.3) is 0 Å². The third-order valence-corrected chi connectivity index (χ3v) is 4.84. The molecule has 0 aromatic heterocycles. The van der Waals surface area contributed by atoms with Crippen LogP contribution < -0.4 is 10.2 Å². The van der Waals surface area contributed by atoms with Gasteiger partial charge in [-0.1, -0.05) is 70.5 Å². The number of aryl methyl sites for hydroxylation is 1. The predicted octanol–water partition coefficient (Wildman–Crippen LogP) is 7.03. The zero-order valence-corrected chi connectivity index (χ0v) is 19.7. The van der Waals surface area contributed by atoms with Gasteiger partial charge in [0.15, 0.2) is 0 Å². The van der Waals surface area contributed by atoms with E-state index in [1.165, 1.54) is 5.56 Å². The van der Waals surface area contributed by atoms with Crippen LogP contribution in [0, 0.1) is 12.8 Å². The lowest BCUT2D eigenvalue weighted by atomic mass is 10.0. The molecule has 0 radical (unpaired) electrons. The molecule has 4 nitrogen and oxygen atoms in total. The quantitative estimate of drug-likeness (QED) is 0.377. The van der Waals surface area contributed by atoms with Crippen molar-refractivity contribution in [2.75, 3.05) is 24.3 Å². The lowest BCUT2D eigenvalue weighted by Gasteiger charge is -2.19. The molecule has 0 fully saturated rings. The average molecular weight is 407 g/mol. The van der Waals surface area contributed by atoms with Gasteiger partial charge >= 0.3 is 0 Å². The van der Waals surface area contributed by atoms with Crippen LogP contribution in [0.2, 0.25) is 0 Å². The first-order chi connectivity index (χ1) is 14.5. The molecule has 1 unspecified atom stereocenters. The number of aliphatic imine (C=N–C) groups is 2. The highest BCUT2D eigenvalue weighted by atomic mass is 15.1. The number of benzene rings is 2. The van der Waals surface area contributed by atoms with Crippen molar-refractivity contribution in [1.82, 2.24) is 0 Å². The second-order valence-corrected chi connectivity index (χ2v) is 7.06. The Bertz CT molecular complexity index is 837. The van der Waals surface area contributed by atoms with Crippen molar-refractivity contribution in [3.05, 3.63) is 65.9 Å². The lowest BCUT2D eigenvalue weighted by Crippen LogP contribution is -2.12. The summed E-state index contributed by atoms with van der Waals surface area (Å²) >= 11 is 0. The second kappa shape index (κ2) is 13.4. The summed E-state index contributed by atoms with van der Waals surface area (Å²) in [5.41, 5.74) is 5.36. The van der Waals surface area contributed by atoms with Crippen molar-refractivity contribution in [2.24, 2.45) is 15.9 Å². The van der Waals surface area contributed by atoms with Crippen molar-refractivity contribution in [3.8, 4) is 0 Å². The van der Waals surface area contributed by atoms with E-state index in [-0.39, 0.29) is 5.92 Å². The Morgan fingerprint density at radius 3 is 2.40 bits per heavy atom. The van der Waals surface area contributed by atoms with Crippen molar-refractivity contribution in [1.29, 1.82) is 0 Å². The van der Waals surface area contributed by atoms with E-state index in [4.69, 9.17) is 4.99 Å². The Morgan fingerprint density at radius 2 is 1.83 bits per heavy atom. The summed E-state index contributed by atoms with van der Waals surface area (Å²) in [6.07, 6.45) is 4.19.